The lowest BCUT2D eigenvalue weighted by molar-refractivity contribution is 0.0917. The number of aromatic amines is 1. The van der Waals surface area contributed by atoms with Crippen LogP contribution in [0.1, 0.15) is 34.3 Å². The van der Waals surface area contributed by atoms with Crippen LogP contribution in [0.15, 0.2) is 79.0 Å². The van der Waals surface area contributed by atoms with E-state index in [4.69, 9.17) is 14.2 Å². The number of nitrogens with one attached hydrogen (secondary N) is 2. The summed E-state index contributed by atoms with van der Waals surface area (Å²) in [5.74, 6) is 1.51. The lowest BCUT2D eigenvalue weighted by Gasteiger charge is -2.25. The highest BCUT2D eigenvalue weighted by atomic mass is 19.1. The van der Waals surface area contributed by atoms with Crippen molar-refractivity contribution in [3.05, 3.63) is 102 Å². The molecule has 0 spiro atoms. The highest BCUT2D eigenvalue weighted by Gasteiger charge is 2.28. The number of rotatable bonds is 10. The van der Waals surface area contributed by atoms with Crippen molar-refractivity contribution < 1.29 is 28.5 Å². The maximum absolute atomic E-state index is 15.1. The van der Waals surface area contributed by atoms with Crippen molar-refractivity contribution in [2.24, 2.45) is 5.92 Å². The second-order valence-corrected chi connectivity index (χ2v) is 11.5. The van der Waals surface area contributed by atoms with E-state index in [9.17, 15) is 9.90 Å². The highest BCUT2D eigenvalue weighted by Crippen LogP contribution is 2.46. The molecule has 0 radical (unpaired) electrons. The van der Waals surface area contributed by atoms with Crippen molar-refractivity contribution in [2.45, 2.75) is 31.9 Å². The molecule has 2 aliphatic rings. The molecule has 4 aromatic carbocycles. The molecule has 5 aromatic rings. The van der Waals surface area contributed by atoms with Gasteiger partial charge in [0, 0.05) is 44.9 Å². The largest absolute Gasteiger partial charge is 0.493 e. The minimum atomic E-state index is -0.569. The number of amides is 1. The van der Waals surface area contributed by atoms with Crippen LogP contribution in [0.2, 0.25) is 0 Å². The van der Waals surface area contributed by atoms with Gasteiger partial charge in [0.1, 0.15) is 18.2 Å². The highest BCUT2D eigenvalue weighted by molar-refractivity contribution is 6.03. The zero-order valence-corrected chi connectivity index (χ0v) is 24.4. The fourth-order valence-corrected chi connectivity index (χ4v) is 5.88. The van der Waals surface area contributed by atoms with Crippen LogP contribution in [0.3, 0.4) is 0 Å². The van der Waals surface area contributed by atoms with Gasteiger partial charge in [0.2, 0.25) is 0 Å². The predicted octanol–water partition coefficient (Wildman–Crippen LogP) is 6.66. The van der Waals surface area contributed by atoms with Crippen molar-refractivity contribution in [1.29, 1.82) is 0 Å². The maximum atomic E-state index is 15.1. The first-order chi connectivity index (χ1) is 21.5. The van der Waals surface area contributed by atoms with E-state index in [2.05, 4.69) is 10.3 Å². The van der Waals surface area contributed by atoms with Crippen molar-refractivity contribution in [1.82, 2.24) is 10.3 Å². The average molecular weight is 593 g/mol. The number of aromatic nitrogens is 1. The van der Waals surface area contributed by atoms with Crippen LogP contribution in [-0.4, -0.2) is 42.4 Å². The Hall–Kier alpha value is -4.82. The smallest absolute Gasteiger partial charge is 0.252 e. The van der Waals surface area contributed by atoms with Crippen LogP contribution < -0.4 is 19.5 Å². The van der Waals surface area contributed by atoms with Crippen molar-refractivity contribution in [3.63, 3.8) is 0 Å². The minimum Gasteiger partial charge on any atom is -0.493 e. The molecule has 1 aromatic heterocycles. The number of hydrogen-bond donors (Lipinski definition) is 3. The first-order valence-electron chi connectivity index (χ1n) is 14.9. The molecule has 1 saturated carbocycles. The van der Waals surface area contributed by atoms with E-state index >= 15 is 4.39 Å². The lowest BCUT2D eigenvalue weighted by Crippen LogP contribution is -2.39. The number of benzene rings is 4. The van der Waals surface area contributed by atoms with Gasteiger partial charge in [0.15, 0.2) is 11.5 Å². The number of carbonyl (C=O) groups is 1. The predicted molar refractivity (Wildman–Crippen MR) is 167 cm³/mol. The fourth-order valence-electron chi connectivity index (χ4n) is 5.88. The van der Waals surface area contributed by atoms with Crippen LogP contribution in [0.4, 0.5) is 4.39 Å². The third-order valence-corrected chi connectivity index (χ3v) is 8.46. The van der Waals surface area contributed by atoms with E-state index in [1.165, 1.54) is 18.9 Å². The third kappa shape index (κ3) is 5.37. The standard InChI is InChI=1S/C36H33FN2O5/c1-42-34-15-27-23(13-35(34)43-19-21-10-11-21)20-44-33-16-28(26-7-2-4-8-31(26)37)30(14-29(27)33)36(41)39-24(18-40)12-22-17-38-32-9-5-3-6-25(22)32/h2-9,13-17,21,24,38,40H,10-12,18-20H2,1H3,(H,39,41)/t24-/m1/s1. The summed E-state index contributed by atoms with van der Waals surface area (Å²) in [6.45, 7) is 0.678. The average Bonchev–Trinajstić information content (AvgIpc) is 3.80. The van der Waals surface area contributed by atoms with Crippen LogP contribution in [-0.2, 0) is 13.0 Å². The Morgan fingerprint density at radius 3 is 2.64 bits per heavy atom. The molecule has 1 fully saturated rings. The van der Waals surface area contributed by atoms with Crippen molar-refractivity contribution in [3.8, 4) is 39.5 Å². The second-order valence-electron chi connectivity index (χ2n) is 11.5. The van der Waals surface area contributed by atoms with Gasteiger partial charge in [0.05, 0.1) is 26.4 Å². The van der Waals surface area contributed by atoms with Gasteiger partial charge >= 0.3 is 0 Å². The first kappa shape index (κ1) is 28.0. The Morgan fingerprint density at radius 1 is 1.02 bits per heavy atom. The van der Waals surface area contributed by atoms with Gasteiger partial charge in [-0.25, -0.2) is 4.39 Å². The van der Waals surface area contributed by atoms with Gasteiger partial charge in [-0.05, 0) is 72.7 Å². The number of H-pyrrole nitrogens is 1. The Morgan fingerprint density at radius 2 is 1.84 bits per heavy atom. The lowest BCUT2D eigenvalue weighted by atomic mass is 9.90. The Kier molecular flexibility index (Phi) is 7.44. The number of ether oxygens (including phenoxy) is 3. The van der Waals surface area contributed by atoms with Gasteiger partial charge < -0.3 is 29.6 Å². The Labute approximate surface area is 254 Å². The molecular formula is C36H33FN2O5. The monoisotopic (exact) mass is 592 g/mol. The van der Waals surface area contributed by atoms with Crippen LogP contribution in [0, 0.1) is 11.7 Å². The van der Waals surface area contributed by atoms with Crippen molar-refractivity contribution >= 4 is 16.8 Å². The van der Waals surface area contributed by atoms with Gasteiger partial charge in [-0.1, -0.05) is 36.4 Å². The van der Waals surface area contributed by atoms with Gasteiger partial charge in [0.25, 0.3) is 5.91 Å². The molecule has 44 heavy (non-hydrogen) atoms. The van der Waals surface area contributed by atoms with E-state index in [1.807, 2.05) is 42.6 Å². The van der Waals surface area contributed by atoms with Crippen LogP contribution in [0.5, 0.6) is 17.2 Å². The summed E-state index contributed by atoms with van der Waals surface area (Å²) in [7, 11) is 1.61. The summed E-state index contributed by atoms with van der Waals surface area (Å²) < 4.78 is 33.1. The molecule has 0 saturated heterocycles. The zero-order chi connectivity index (χ0) is 30.2. The van der Waals surface area contributed by atoms with Gasteiger partial charge in [-0.3, -0.25) is 4.79 Å². The molecular weight excluding hydrogens is 559 g/mol. The van der Waals surface area contributed by atoms with E-state index in [-0.39, 0.29) is 17.7 Å². The first-order valence-corrected chi connectivity index (χ1v) is 14.9. The molecule has 0 unspecified atom stereocenters. The topological polar surface area (TPSA) is 92.8 Å². The van der Waals surface area contributed by atoms with Crippen molar-refractivity contribution in [2.75, 3.05) is 20.3 Å². The maximum Gasteiger partial charge on any atom is 0.252 e. The molecule has 8 heteroatoms. The molecule has 7 rings (SSSR count). The van der Waals surface area contributed by atoms with Crippen LogP contribution in [0.25, 0.3) is 33.2 Å². The summed E-state index contributed by atoms with van der Waals surface area (Å²) >= 11 is 0. The number of para-hydroxylation sites is 1. The van der Waals surface area contributed by atoms with Gasteiger partial charge in [-0.15, -0.1) is 0 Å². The molecule has 1 amide bonds. The third-order valence-electron chi connectivity index (χ3n) is 8.46. The van der Waals surface area contributed by atoms with E-state index in [1.54, 1.807) is 37.4 Å². The SMILES string of the molecule is COc1cc2c(cc1OCC1CC1)COc1cc(-c3ccccc3F)c(C(=O)N[C@@H](CO)Cc3c[nH]c4ccccc34)cc1-2. The second kappa shape index (κ2) is 11.7. The summed E-state index contributed by atoms with van der Waals surface area (Å²) in [6.07, 6.45) is 4.67. The number of carbonyl (C=O) groups excluding carboxylic acids is 1. The number of fused-ring (bicyclic) bond motifs is 4. The quantitative estimate of drug-likeness (QED) is 0.169. The molecule has 3 N–H and O–H groups in total. The van der Waals surface area contributed by atoms with E-state index in [0.29, 0.717) is 53.9 Å². The number of aliphatic hydroxyl groups excluding tert-OH is 1. The zero-order valence-electron chi connectivity index (χ0n) is 24.4. The fraction of sp³-hybridized carbons (Fsp3) is 0.250. The summed E-state index contributed by atoms with van der Waals surface area (Å²) in [4.78, 5) is 17.2. The number of halogens is 1. The number of hydrogen-bond acceptors (Lipinski definition) is 5. The normalized spacial score (nSPS) is 14.3. The summed E-state index contributed by atoms with van der Waals surface area (Å²) in [5.41, 5.74) is 5.38. The van der Waals surface area contributed by atoms with E-state index < -0.39 is 17.8 Å². The number of aliphatic hydroxyl groups is 1. The molecule has 0 bridgehead atoms. The Balaban J connectivity index is 1.26. The molecule has 2 heterocycles. The summed E-state index contributed by atoms with van der Waals surface area (Å²) in [5, 5.41) is 14.3. The van der Waals surface area contributed by atoms with Gasteiger partial charge in [-0.2, -0.15) is 0 Å². The summed E-state index contributed by atoms with van der Waals surface area (Å²) in [6, 6.07) is 21.0. The minimum absolute atomic E-state index is 0.266. The Bertz CT molecular complexity index is 1860. The molecule has 224 valence electrons. The molecule has 1 atom stereocenters. The molecule has 1 aliphatic carbocycles. The number of methoxy groups -OCH3 is 1. The van der Waals surface area contributed by atoms with Crippen LogP contribution >= 0.6 is 0 Å². The molecule has 7 nitrogen and oxygen atoms in total. The van der Waals surface area contributed by atoms with E-state index in [0.717, 1.165) is 27.6 Å². The molecule has 1 aliphatic heterocycles.